The molecule has 0 aliphatic carbocycles. The molecule has 0 bridgehead atoms. The van der Waals surface area contributed by atoms with Crippen molar-refractivity contribution in [2.24, 2.45) is 0 Å². The molecule has 0 aliphatic rings. The van der Waals surface area contributed by atoms with Crippen LogP contribution in [0.25, 0.3) is 0 Å². The van der Waals surface area contributed by atoms with Crippen molar-refractivity contribution in [1.29, 1.82) is 0 Å². The number of ether oxygens (including phenoxy) is 1. The molecule has 0 saturated carbocycles. The largest absolute Gasteiger partial charge is 0.465 e. The van der Waals surface area contributed by atoms with Crippen molar-refractivity contribution in [3.8, 4) is 0 Å². The molecule has 0 fully saturated rings. The average Bonchev–Trinajstić information content (AvgIpc) is 2.97. The maximum atomic E-state index is 12.1. The average molecular weight is 262 g/mol. The lowest BCUT2D eigenvalue weighted by atomic mass is 10.1. The van der Waals surface area contributed by atoms with Gasteiger partial charge in [-0.1, -0.05) is 0 Å². The molecule has 0 aromatic carbocycles. The normalized spacial score (nSPS) is 10.5. The summed E-state index contributed by atoms with van der Waals surface area (Å²) < 4.78 is 6.13. The number of carbonyl (C=O) groups excluding carboxylic acids is 2. The van der Waals surface area contributed by atoms with Crippen LogP contribution in [-0.4, -0.2) is 38.6 Å². The van der Waals surface area contributed by atoms with Crippen molar-refractivity contribution < 1.29 is 14.3 Å². The zero-order valence-corrected chi connectivity index (χ0v) is 10.9. The first-order valence-corrected chi connectivity index (χ1v) is 5.67. The van der Waals surface area contributed by atoms with Gasteiger partial charge < -0.3 is 9.72 Å². The van der Waals surface area contributed by atoms with E-state index in [4.69, 9.17) is 4.74 Å². The van der Waals surface area contributed by atoms with E-state index in [1.54, 1.807) is 13.8 Å². The summed E-state index contributed by atoms with van der Waals surface area (Å²) in [6.07, 6.45) is 2.82. The second-order valence-electron chi connectivity index (χ2n) is 4.13. The Morgan fingerprint density at radius 3 is 2.74 bits per heavy atom. The second-order valence-corrected chi connectivity index (χ2v) is 4.13. The number of carbonyl (C=O) groups is 2. The molecule has 1 N–H and O–H groups in total. The summed E-state index contributed by atoms with van der Waals surface area (Å²) in [6.45, 7) is 3.51. The highest BCUT2D eigenvalue weighted by atomic mass is 16.5. The summed E-state index contributed by atoms with van der Waals surface area (Å²) in [5.74, 6) is -0.618. The molecule has 2 aromatic heterocycles. The second kappa shape index (κ2) is 5.05. The maximum Gasteiger partial charge on any atom is 0.339 e. The predicted octanol–water partition coefficient (Wildman–Crippen LogP) is 0.893. The van der Waals surface area contributed by atoms with Crippen LogP contribution >= 0.6 is 0 Å². The van der Waals surface area contributed by atoms with Crippen molar-refractivity contribution >= 4 is 11.8 Å². The van der Waals surface area contributed by atoms with Crippen LogP contribution < -0.4 is 0 Å². The molecule has 0 aliphatic heterocycles. The topological polar surface area (TPSA) is 89.9 Å². The van der Waals surface area contributed by atoms with Crippen LogP contribution in [0.2, 0.25) is 0 Å². The van der Waals surface area contributed by atoms with Gasteiger partial charge in [0.15, 0.2) is 0 Å². The number of nitrogens with zero attached hydrogens (tertiary/aromatic N) is 3. The fourth-order valence-corrected chi connectivity index (χ4v) is 1.98. The lowest BCUT2D eigenvalue weighted by Gasteiger charge is -2.01. The molecule has 0 unspecified atom stereocenters. The first kappa shape index (κ1) is 13.0. The van der Waals surface area contributed by atoms with E-state index in [1.165, 1.54) is 24.4 Å². The minimum absolute atomic E-state index is 0.0708. The zero-order chi connectivity index (χ0) is 14.0. The number of Topliss-reactive ketones (excluding diaryl/α,β-unsaturated/α-hetero) is 1. The molecule has 100 valence electrons. The number of ketones is 1. The summed E-state index contributed by atoms with van der Waals surface area (Å²) in [5, 5.41) is 3.87. The van der Waals surface area contributed by atoms with E-state index in [2.05, 4.69) is 15.1 Å². The standard InChI is InChI=1S/C12H14N4O3/c1-7-10(12(18)19-3)8(2)15-11(7)9(17)4-16-6-13-5-14-16/h5-6,15H,4H2,1-3H3. The van der Waals surface area contributed by atoms with E-state index in [0.29, 0.717) is 22.5 Å². The summed E-state index contributed by atoms with van der Waals surface area (Å²) in [4.78, 5) is 30.5. The van der Waals surface area contributed by atoms with E-state index in [-0.39, 0.29) is 12.3 Å². The Hall–Kier alpha value is -2.44. The van der Waals surface area contributed by atoms with Crippen molar-refractivity contribution in [3.05, 3.63) is 35.2 Å². The third-order valence-electron chi connectivity index (χ3n) is 2.88. The van der Waals surface area contributed by atoms with Crippen LogP contribution in [0.1, 0.15) is 32.1 Å². The Labute approximate surface area is 109 Å². The van der Waals surface area contributed by atoms with Gasteiger partial charge in [0.2, 0.25) is 5.78 Å². The molecule has 19 heavy (non-hydrogen) atoms. The van der Waals surface area contributed by atoms with Crippen LogP contribution in [-0.2, 0) is 11.3 Å². The number of hydrogen-bond acceptors (Lipinski definition) is 5. The number of nitrogens with one attached hydrogen (secondary N) is 1. The molecule has 7 heteroatoms. The quantitative estimate of drug-likeness (QED) is 0.653. The molecule has 0 radical (unpaired) electrons. The van der Waals surface area contributed by atoms with Gasteiger partial charge in [-0.05, 0) is 19.4 Å². The molecule has 7 nitrogen and oxygen atoms in total. The smallest absolute Gasteiger partial charge is 0.339 e. The molecular formula is C12H14N4O3. The van der Waals surface area contributed by atoms with Gasteiger partial charge >= 0.3 is 5.97 Å². The highest BCUT2D eigenvalue weighted by Gasteiger charge is 2.22. The first-order chi connectivity index (χ1) is 9.04. The van der Waals surface area contributed by atoms with Gasteiger partial charge in [0.25, 0.3) is 0 Å². The van der Waals surface area contributed by atoms with E-state index in [0.717, 1.165) is 0 Å². The molecule has 0 atom stereocenters. The third-order valence-corrected chi connectivity index (χ3v) is 2.88. The zero-order valence-electron chi connectivity index (χ0n) is 10.9. The van der Waals surface area contributed by atoms with E-state index < -0.39 is 5.97 Å². The number of esters is 1. The molecule has 2 rings (SSSR count). The maximum absolute atomic E-state index is 12.1. The minimum atomic E-state index is -0.453. The van der Waals surface area contributed by atoms with Crippen molar-refractivity contribution in [2.75, 3.05) is 7.11 Å². The number of methoxy groups -OCH3 is 1. The molecule has 0 amide bonds. The van der Waals surface area contributed by atoms with Crippen molar-refractivity contribution in [3.63, 3.8) is 0 Å². The fourth-order valence-electron chi connectivity index (χ4n) is 1.98. The van der Waals surface area contributed by atoms with Gasteiger partial charge in [0.05, 0.1) is 18.4 Å². The number of H-pyrrole nitrogens is 1. The van der Waals surface area contributed by atoms with Crippen LogP contribution in [0.5, 0.6) is 0 Å². The molecular weight excluding hydrogens is 248 g/mol. The summed E-state index contributed by atoms with van der Waals surface area (Å²) in [7, 11) is 1.31. The number of hydrogen-bond donors (Lipinski definition) is 1. The molecule has 2 aromatic rings. The first-order valence-electron chi connectivity index (χ1n) is 5.67. The highest BCUT2D eigenvalue weighted by molar-refractivity contribution is 6.01. The Kier molecular flexibility index (Phi) is 3.46. The monoisotopic (exact) mass is 262 g/mol. The van der Waals surface area contributed by atoms with Gasteiger partial charge in [-0.25, -0.2) is 14.5 Å². The number of aromatic nitrogens is 4. The number of aromatic amines is 1. The summed E-state index contributed by atoms with van der Waals surface area (Å²) in [5.41, 5.74) is 2.01. The Bertz CT molecular complexity index is 613. The van der Waals surface area contributed by atoms with Gasteiger partial charge in [-0.3, -0.25) is 4.79 Å². The SMILES string of the molecule is COC(=O)c1c(C)[nH]c(C(=O)Cn2cncn2)c1C. The Morgan fingerprint density at radius 1 is 1.42 bits per heavy atom. The predicted molar refractivity (Wildman–Crippen MR) is 66.0 cm³/mol. The van der Waals surface area contributed by atoms with E-state index in [9.17, 15) is 9.59 Å². The fraction of sp³-hybridized carbons (Fsp3) is 0.333. The highest BCUT2D eigenvalue weighted by Crippen LogP contribution is 2.19. The van der Waals surface area contributed by atoms with Crippen LogP contribution in [0.3, 0.4) is 0 Å². The number of rotatable bonds is 4. The van der Waals surface area contributed by atoms with E-state index in [1.807, 2.05) is 0 Å². The Balaban J connectivity index is 2.31. The van der Waals surface area contributed by atoms with Crippen LogP contribution in [0.15, 0.2) is 12.7 Å². The van der Waals surface area contributed by atoms with Crippen LogP contribution in [0, 0.1) is 13.8 Å². The summed E-state index contributed by atoms with van der Waals surface area (Å²) >= 11 is 0. The van der Waals surface area contributed by atoms with Gasteiger partial charge in [0.1, 0.15) is 19.2 Å². The summed E-state index contributed by atoms with van der Waals surface area (Å²) in [6, 6.07) is 0. The molecule has 2 heterocycles. The Morgan fingerprint density at radius 2 is 2.16 bits per heavy atom. The van der Waals surface area contributed by atoms with Gasteiger partial charge in [-0.15, -0.1) is 0 Å². The lowest BCUT2D eigenvalue weighted by molar-refractivity contribution is 0.0599. The number of aryl methyl sites for hydroxylation is 1. The molecule has 0 saturated heterocycles. The van der Waals surface area contributed by atoms with Gasteiger partial charge in [-0.2, -0.15) is 5.10 Å². The van der Waals surface area contributed by atoms with Crippen molar-refractivity contribution in [1.82, 2.24) is 19.7 Å². The van der Waals surface area contributed by atoms with Gasteiger partial charge in [0, 0.05) is 5.69 Å². The molecule has 0 spiro atoms. The minimum Gasteiger partial charge on any atom is -0.465 e. The lowest BCUT2D eigenvalue weighted by Crippen LogP contribution is -2.12. The van der Waals surface area contributed by atoms with Crippen molar-refractivity contribution in [2.45, 2.75) is 20.4 Å². The van der Waals surface area contributed by atoms with Crippen LogP contribution in [0.4, 0.5) is 0 Å². The van der Waals surface area contributed by atoms with E-state index >= 15 is 0 Å². The third kappa shape index (κ3) is 2.40.